The number of carbonyl (C=O) groups is 2. The van der Waals surface area contributed by atoms with Crippen LogP contribution < -0.4 is 14.4 Å². The van der Waals surface area contributed by atoms with Crippen molar-refractivity contribution < 1.29 is 24.2 Å². The van der Waals surface area contributed by atoms with E-state index >= 15 is 0 Å². The number of hydrogen-bond acceptors (Lipinski definition) is 8. The van der Waals surface area contributed by atoms with E-state index < -0.39 is 17.7 Å². The van der Waals surface area contributed by atoms with Gasteiger partial charge in [-0.25, -0.2) is 9.97 Å². The van der Waals surface area contributed by atoms with Crippen molar-refractivity contribution in [1.29, 1.82) is 0 Å². The van der Waals surface area contributed by atoms with Gasteiger partial charge in [-0.1, -0.05) is 36.5 Å². The number of fused-ring (bicyclic) bond motifs is 2. The average molecular weight is 583 g/mol. The molecule has 1 N–H and O–H groups in total. The molecule has 1 fully saturated rings. The molecule has 1 saturated heterocycles. The third kappa shape index (κ3) is 4.57. The van der Waals surface area contributed by atoms with Gasteiger partial charge in [-0.15, -0.1) is 0 Å². The highest BCUT2D eigenvalue weighted by Gasteiger charge is 2.48. The van der Waals surface area contributed by atoms with Crippen LogP contribution in [0.3, 0.4) is 0 Å². The summed E-state index contributed by atoms with van der Waals surface area (Å²) in [4.78, 5) is 38.3. The largest absolute Gasteiger partial charge is 0.505 e. The van der Waals surface area contributed by atoms with Gasteiger partial charge in [0.15, 0.2) is 10.9 Å². The predicted molar refractivity (Wildman–Crippen MR) is 162 cm³/mol. The fourth-order valence-electron chi connectivity index (χ4n) is 5.27. The number of thiazole rings is 1. The number of benzene rings is 2. The summed E-state index contributed by atoms with van der Waals surface area (Å²) in [6, 6.07) is 15.6. The van der Waals surface area contributed by atoms with Crippen LogP contribution >= 0.6 is 11.3 Å². The zero-order valence-corrected chi connectivity index (χ0v) is 24.6. The summed E-state index contributed by atoms with van der Waals surface area (Å²) in [5, 5.41) is 12.1. The van der Waals surface area contributed by atoms with Gasteiger partial charge in [0.05, 0.1) is 40.7 Å². The molecule has 1 atom stereocenters. The number of aliphatic hydroxyl groups is 1. The van der Waals surface area contributed by atoms with Crippen molar-refractivity contribution in [2.24, 2.45) is 0 Å². The molecule has 3 aromatic heterocycles. The van der Waals surface area contributed by atoms with E-state index in [-0.39, 0.29) is 17.0 Å². The van der Waals surface area contributed by atoms with Crippen LogP contribution in [0.2, 0.25) is 0 Å². The lowest BCUT2D eigenvalue weighted by molar-refractivity contribution is -0.132. The first-order valence-corrected chi connectivity index (χ1v) is 14.7. The van der Waals surface area contributed by atoms with Gasteiger partial charge in [-0.05, 0) is 74.7 Å². The predicted octanol–water partition coefficient (Wildman–Crippen LogP) is 6.37. The molecule has 10 heteroatoms. The minimum Gasteiger partial charge on any atom is -0.505 e. The summed E-state index contributed by atoms with van der Waals surface area (Å²) < 4.78 is 14.2. The number of nitrogens with zero attached hydrogens (tertiary/aromatic N) is 4. The van der Waals surface area contributed by atoms with Gasteiger partial charge in [0.1, 0.15) is 22.8 Å². The lowest BCUT2D eigenvalue weighted by Gasteiger charge is -2.23. The van der Waals surface area contributed by atoms with E-state index in [4.69, 9.17) is 14.5 Å². The SMILES string of the molecule is CCCOc1cccc(C2C(=C(O)c3nc4c(C)cccn4c3C)C(=O)C(=O)N2c2nc3ccc(OCC)cc3s2)c1. The van der Waals surface area contributed by atoms with E-state index in [1.165, 1.54) is 16.2 Å². The van der Waals surface area contributed by atoms with Crippen LogP contribution in [0.4, 0.5) is 5.13 Å². The van der Waals surface area contributed by atoms with Crippen LogP contribution in [0.1, 0.15) is 48.8 Å². The van der Waals surface area contributed by atoms with E-state index in [0.29, 0.717) is 52.3 Å². The second-order valence-electron chi connectivity index (χ2n) is 10.1. The van der Waals surface area contributed by atoms with E-state index in [1.807, 2.05) is 86.8 Å². The van der Waals surface area contributed by atoms with E-state index in [2.05, 4.69) is 4.98 Å². The maximum Gasteiger partial charge on any atom is 0.301 e. The quantitative estimate of drug-likeness (QED) is 0.129. The van der Waals surface area contributed by atoms with Crippen LogP contribution in [-0.4, -0.2) is 44.4 Å². The number of Topliss-reactive ketones (excluding diaryl/α,β-unsaturated/α-hetero) is 1. The Balaban J connectivity index is 1.55. The van der Waals surface area contributed by atoms with Crippen LogP contribution in [0.5, 0.6) is 11.5 Å². The Hall–Kier alpha value is -4.70. The van der Waals surface area contributed by atoms with Gasteiger partial charge < -0.3 is 19.0 Å². The number of imidazole rings is 1. The van der Waals surface area contributed by atoms with Crippen molar-refractivity contribution in [3.05, 3.63) is 88.9 Å². The van der Waals surface area contributed by atoms with Crippen LogP contribution in [0.15, 0.2) is 66.4 Å². The second-order valence-corrected chi connectivity index (χ2v) is 11.1. The number of hydrogen-bond donors (Lipinski definition) is 1. The van der Waals surface area contributed by atoms with Crippen LogP contribution in [0, 0.1) is 13.8 Å². The first-order valence-electron chi connectivity index (χ1n) is 13.8. The molecular weight excluding hydrogens is 552 g/mol. The number of ether oxygens (including phenoxy) is 2. The summed E-state index contributed by atoms with van der Waals surface area (Å²) in [5.41, 5.74) is 3.70. The zero-order chi connectivity index (χ0) is 29.5. The molecular formula is C32H30N4O5S. The number of aliphatic hydroxyl groups excluding tert-OH is 1. The molecule has 0 bridgehead atoms. The zero-order valence-electron chi connectivity index (χ0n) is 23.7. The van der Waals surface area contributed by atoms with Crippen molar-refractivity contribution in [1.82, 2.24) is 14.4 Å². The average Bonchev–Trinajstić information content (AvgIpc) is 3.64. The van der Waals surface area contributed by atoms with E-state index in [1.54, 1.807) is 6.07 Å². The Kier molecular flexibility index (Phi) is 7.16. The highest BCUT2D eigenvalue weighted by Crippen LogP contribution is 2.45. The Labute approximate surface area is 246 Å². The molecule has 1 amide bonds. The molecule has 4 heterocycles. The summed E-state index contributed by atoms with van der Waals surface area (Å²) in [7, 11) is 0. The van der Waals surface area contributed by atoms with Gasteiger partial charge in [0.2, 0.25) is 0 Å². The lowest BCUT2D eigenvalue weighted by Crippen LogP contribution is -2.29. The Morgan fingerprint density at radius 3 is 2.57 bits per heavy atom. The first-order chi connectivity index (χ1) is 20.3. The van der Waals surface area contributed by atoms with Crippen LogP contribution in [-0.2, 0) is 9.59 Å². The van der Waals surface area contributed by atoms with Crippen molar-refractivity contribution in [2.45, 2.75) is 40.2 Å². The number of rotatable bonds is 8. The molecule has 9 nitrogen and oxygen atoms in total. The summed E-state index contributed by atoms with van der Waals surface area (Å²) in [5.74, 6) is -0.619. The number of ketones is 1. The summed E-state index contributed by atoms with van der Waals surface area (Å²) >= 11 is 1.28. The minimum absolute atomic E-state index is 0.0499. The molecule has 0 saturated carbocycles. The third-order valence-electron chi connectivity index (χ3n) is 7.27. The van der Waals surface area contributed by atoms with Gasteiger partial charge >= 0.3 is 5.91 Å². The van der Waals surface area contributed by atoms with Gasteiger partial charge in [-0.3, -0.25) is 14.5 Å². The molecule has 214 valence electrons. The Morgan fingerprint density at radius 2 is 1.81 bits per heavy atom. The molecule has 2 aromatic carbocycles. The number of anilines is 1. The fraction of sp³-hybridized carbons (Fsp3) is 0.250. The van der Waals surface area contributed by atoms with Crippen molar-refractivity contribution >= 4 is 49.8 Å². The molecule has 1 aliphatic rings. The number of carbonyl (C=O) groups excluding carboxylic acids is 2. The van der Waals surface area contributed by atoms with Gasteiger partial charge in [0, 0.05) is 6.20 Å². The number of aromatic nitrogens is 3. The Bertz CT molecular complexity index is 1890. The van der Waals surface area contributed by atoms with E-state index in [0.717, 1.165) is 16.7 Å². The Morgan fingerprint density at radius 1 is 1.00 bits per heavy atom. The minimum atomic E-state index is -0.951. The highest BCUT2D eigenvalue weighted by molar-refractivity contribution is 7.22. The third-order valence-corrected chi connectivity index (χ3v) is 8.28. The number of amides is 1. The fourth-order valence-corrected chi connectivity index (χ4v) is 6.29. The van der Waals surface area contributed by atoms with E-state index in [9.17, 15) is 14.7 Å². The molecule has 5 aromatic rings. The van der Waals surface area contributed by atoms with Gasteiger partial charge in [0.25, 0.3) is 5.78 Å². The maximum absolute atomic E-state index is 13.8. The highest BCUT2D eigenvalue weighted by atomic mass is 32.1. The molecule has 0 aliphatic carbocycles. The summed E-state index contributed by atoms with van der Waals surface area (Å²) in [6.07, 6.45) is 2.68. The molecule has 1 aliphatic heterocycles. The van der Waals surface area contributed by atoms with Gasteiger partial charge in [-0.2, -0.15) is 0 Å². The molecule has 6 rings (SSSR count). The van der Waals surface area contributed by atoms with Crippen molar-refractivity contribution in [3.63, 3.8) is 0 Å². The monoisotopic (exact) mass is 582 g/mol. The molecule has 0 spiro atoms. The molecule has 0 radical (unpaired) electrons. The van der Waals surface area contributed by atoms with Crippen molar-refractivity contribution in [3.8, 4) is 11.5 Å². The maximum atomic E-state index is 13.8. The molecule has 1 unspecified atom stereocenters. The smallest absolute Gasteiger partial charge is 0.301 e. The molecule has 42 heavy (non-hydrogen) atoms. The normalized spacial score (nSPS) is 16.6. The first kappa shape index (κ1) is 27.5. The summed E-state index contributed by atoms with van der Waals surface area (Å²) in [6.45, 7) is 8.71. The lowest BCUT2D eigenvalue weighted by atomic mass is 9.96. The van der Waals surface area contributed by atoms with Crippen molar-refractivity contribution in [2.75, 3.05) is 18.1 Å². The second kappa shape index (κ2) is 10.9. The van der Waals surface area contributed by atoms with Crippen LogP contribution in [0.25, 0.3) is 21.6 Å². The topological polar surface area (TPSA) is 106 Å². The number of pyridine rings is 1. The standard InChI is InChI=1S/C32H30N4O5S/c1-5-15-41-21-11-7-10-20(16-21)27-25(28(37)26-19(4)35-14-8-9-18(3)30(35)34-26)29(38)31(39)36(27)32-33-23-13-12-22(40-6-2)17-24(23)42-32/h7-14,16-17,27,37H,5-6,15H2,1-4H3. The number of aryl methyl sites for hydroxylation is 2.